The summed E-state index contributed by atoms with van der Waals surface area (Å²) >= 11 is 0. The highest BCUT2D eigenvalue weighted by atomic mass is 35.5. The van der Waals surface area contributed by atoms with Gasteiger partial charge in [-0.3, -0.25) is 0 Å². The highest BCUT2D eigenvalue weighted by Gasteiger charge is 1.87. The van der Waals surface area contributed by atoms with Crippen LogP contribution in [-0.2, 0) is 11.2 Å². The molecule has 0 fully saturated rings. The van der Waals surface area contributed by atoms with Gasteiger partial charge in [-0.05, 0) is 0 Å². The van der Waals surface area contributed by atoms with Crippen LogP contribution in [0, 0.1) is 0 Å². The third-order valence-electron chi connectivity index (χ3n) is 0.858. The first-order valence-electron chi connectivity index (χ1n) is 2.34. The quantitative estimate of drug-likeness (QED) is 0.621. The predicted molar refractivity (Wildman–Crippen MR) is 35.6 cm³/mol. The summed E-state index contributed by atoms with van der Waals surface area (Å²) in [6.07, 6.45) is 4.46. The van der Waals surface area contributed by atoms with Gasteiger partial charge in [0.05, 0.1) is 6.33 Å². The molecule has 3 nitrogen and oxygen atoms in total. The lowest BCUT2D eigenvalue weighted by Crippen LogP contribution is -1.82. The lowest BCUT2D eigenvalue weighted by molar-refractivity contribution is -0.107. The summed E-state index contributed by atoms with van der Waals surface area (Å²) in [5.41, 5.74) is 0.861. The van der Waals surface area contributed by atoms with Crippen molar-refractivity contribution in [2.24, 2.45) is 0 Å². The molecule has 0 bridgehead atoms. The molecule has 0 amide bonds. The number of aromatic amines is 1. The molecule has 0 atom stereocenters. The summed E-state index contributed by atoms with van der Waals surface area (Å²) < 4.78 is 0. The fraction of sp³-hybridized carbons (Fsp3) is 0.200. The molecular weight excluding hydrogens is 140 g/mol. The van der Waals surface area contributed by atoms with Gasteiger partial charge in [0, 0.05) is 18.3 Å². The number of halogens is 1. The second-order valence-corrected chi connectivity index (χ2v) is 1.45. The van der Waals surface area contributed by atoms with Crippen LogP contribution in [0.5, 0.6) is 0 Å². The van der Waals surface area contributed by atoms with Crippen LogP contribution in [0.1, 0.15) is 5.69 Å². The van der Waals surface area contributed by atoms with Crippen LogP contribution in [-0.4, -0.2) is 16.3 Å². The lowest BCUT2D eigenvalue weighted by Gasteiger charge is -1.79. The third kappa shape index (κ3) is 2.28. The molecule has 0 saturated heterocycles. The summed E-state index contributed by atoms with van der Waals surface area (Å²) in [6.45, 7) is 0. The topological polar surface area (TPSA) is 45.8 Å². The summed E-state index contributed by atoms with van der Waals surface area (Å²) in [4.78, 5) is 16.3. The van der Waals surface area contributed by atoms with Crippen LogP contribution in [0.4, 0.5) is 0 Å². The van der Waals surface area contributed by atoms with E-state index in [2.05, 4.69) is 9.97 Å². The first-order chi connectivity index (χ1) is 3.93. The number of aromatic nitrogens is 2. The van der Waals surface area contributed by atoms with Crippen LogP contribution in [0.2, 0.25) is 0 Å². The molecule has 0 unspecified atom stereocenters. The zero-order chi connectivity index (χ0) is 5.82. The van der Waals surface area contributed by atoms with Crippen molar-refractivity contribution in [3.8, 4) is 0 Å². The molecule has 1 N–H and O–H groups in total. The SMILES string of the molecule is Cl.O=CCc1cnc[nH]1. The van der Waals surface area contributed by atoms with Crippen molar-refractivity contribution < 1.29 is 4.79 Å². The molecule has 50 valence electrons. The molecule has 9 heavy (non-hydrogen) atoms. The van der Waals surface area contributed by atoms with E-state index in [1.807, 2.05) is 0 Å². The Hall–Kier alpha value is -0.830. The van der Waals surface area contributed by atoms with E-state index in [0.717, 1.165) is 12.0 Å². The first-order valence-corrected chi connectivity index (χ1v) is 2.34. The van der Waals surface area contributed by atoms with E-state index in [4.69, 9.17) is 0 Å². The first kappa shape index (κ1) is 8.17. The second kappa shape index (κ2) is 4.09. The molecule has 1 aromatic heterocycles. The fourth-order valence-electron chi connectivity index (χ4n) is 0.486. The fourth-order valence-corrected chi connectivity index (χ4v) is 0.486. The van der Waals surface area contributed by atoms with Gasteiger partial charge in [0.1, 0.15) is 6.29 Å². The molecule has 1 aromatic rings. The number of H-pyrrole nitrogens is 1. The molecule has 0 aromatic carbocycles. The minimum atomic E-state index is 0. The van der Waals surface area contributed by atoms with Gasteiger partial charge >= 0.3 is 0 Å². The van der Waals surface area contributed by atoms with E-state index in [1.165, 1.54) is 0 Å². The number of hydrogen-bond acceptors (Lipinski definition) is 2. The zero-order valence-electron chi connectivity index (χ0n) is 4.70. The smallest absolute Gasteiger partial charge is 0.125 e. The lowest BCUT2D eigenvalue weighted by atomic mass is 10.4. The van der Waals surface area contributed by atoms with Gasteiger partial charge in [-0.25, -0.2) is 4.98 Å². The van der Waals surface area contributed by atoms with E-state index in [0.29, 0.717) is 6.42 Å². The van der Waals surface area contributed by atoms with Crippen molar-refractivity contribution in [1.82, 2.24) is 9.97 Å². The van der Waals surface area contributed by atoms with Crippen molar-refractivity contribution in [2.45, 2.75) is 6.42 Å². The van der Waals surface area contributed by atoms with E-state index < -0.39 is 0 Å². The Balaban J connectivity index is 0.000000640. The molecule has 1 rings (SSSR count). The van der Waals surface area contributed by atoms with Crippen LogP contribution >= 0.6 is 12.4 Å². The van der Waals surface area contributed by atoms with Crippen molar-refractivity contribution >= 4 is 18.7 Å². The number of nitrogens with one attached hydrogen (secondary N) is 1. The number of carbonyl (C=O) groups excluding carboxylic acids is 1. The minimum absolute atomic E-state index is 0. The Labute approximate surface area is 58.9 Å². The third-order valence-corrected chi connectivity index (χ3v) is 0.858. The molecule has 0 aliphatic rings. The Morgan fingerprint density at radius 3 is 3.00 bits per heavy atom. The van der Waals surface area contributed by atoms with Gasteiger partial charge in [0.2, 0.25) is 0 Å². The highest BCUT2D eigenvalue weighted by Crippen LogP contribution is 1.87. The maximum absolute atomic E-state index is 9.82. The Morgan fingerprint density at radius 1 is 1.78 bits per heavy atom. The van der Waals surface area contributed by atoms with Gasteiger partial charge < -0.3 is 9.78 Å². The number of nitrogens with zero attached hydrogens (tertiary/aromatic N) is 1. The summed E-state index contributed by atoms with van der Waals surface area (Å²) in [7, 11) is 0. The summed E-state index contributed by atoms with van der Waals surface area (Å²) in [5.74, 6) is 0. The number of carbonyl (C=O) groups is 1. The molecular formula is C5H7ClN2O. The molecule has 0 spiro atoms. The van der Waals surface area contributed by atoms with Crippen molar-refractivity contribution in [1.29, 1.82) is 0 Å². The number of aldehydes is 1. The molecule has 4 heteroatoms. The van der Waals surface area contributed by atoms with Crippen LogP contribution < -0.4 is 0 Å². The molecule has 0 saturated carbocycles. The average Bonchev–Trinajstić information content (AvgIpc) is 2.19. The van der Waals surface area contributed by atoms with Crippen LogP contribution in [0.15, 0.2) is 12.5 Å². The molecule has 1 heterocycles. The number of hydrogen-bond donors (Lipinski definition) is 1. The summed E-state index contributed by atoms with van der Waals surface area (Å²) in [5, 5.41) is 0. The summed E-state index contributed by atoms with van der Waals surface area (Å²) in [6, 6.07) is 0. The van der Waals surface area contributed by atoms with Crippen molar-refractivity contribution in [3.63, 3.8) is 0 Å². The second-order valence-electron chi connectivity index (χ2n) is 1.45. The van der Waals surface area contributed by atoms with E-state index >= 15 is 0 Å². The molecule has 0 aliphatic heterocycles. The zero-order valence-corrected chi connectivity index (χ0v) is 5.52. The maximum Gasteiger partial charge on any atom is 0.125 e. The Bertz CT molecular complexity index is 161. The number of imidazole rings is 1. The van der Waals surface area contributed by atoms with Crippen molar-refractivity contribution in [2.75, 3.05) is 0 Å². The Kier molecular flexibility index (Phi) is 3.71. The monoisotopic (exact) mass is 146 g/mol. The maximum atomic E-state index is 9.82. The number of rotatable bonds is 2. The van der Waals surface area contributed by atoms with E-state index in [1.54, 1.807) is 12.5 Å². The van der Waals surface area contributed by atoms with Gasteiger partial charge in [-0.2, -0.15) is 0 Å². The predicted octanol–water partition coefficient (Wildman–Crippen LogP) is 0.573. The Morgan fingerprint density at radius 2 is 2.56 bits per heavy atom. The van der Waals surface area contributed by atoms with Gasteiger partial charge in [0.15, 0.2) is 0 Å². The average molecular weight is 147 g/mol. The molecule has 0 radical (unpaired) electrons. The van der Waals surface area contributed by atoms with E-state index in [9.17, 15) is 4.79 Å². The van der Waals surface area contributed by atoms with Crippen LogP contribution in [0.25, 0.3) is 0 Å². The molecule has 0 aliphatic carbocycles. The highest BCUT2D eigenvalue weighted by molar-refractivity contribution is 5.85. The van der Waals surface area contributed by atoms with Gasteiger partial charge in [-0.15, -0.1) is 12.4 Å². The normalized spacial score (nSPS) is 8.00. The standard InChI is InChI=1S/C5H6N2O.ClH/c8-2-1-5-3-6-4-7-5;/h2-4H,1H2,(H,6,7);1H. The minimum Gasteiger partial charge on any atom is -0.348 e. The van der Waals surface area contributed by atoms with E-state index in [-0.39, 0.29) is 12.4 Å². The van der Waals surface area contributed by atoms with Crippen molar-refractivity contribution in [3.05, 3.63) is 18.2 Å². The van der Waals surface area contributed by atoms with Gasteiger partial charge in [-0.1, -0.05) is 0 Å². The van der Waals surface area contributed by atoms with Crippen LogP contribution in [0.3, 0.4) is 0 Å². The van der Waals surface area contributed by atoms with Gasteiger partial charge in [0.25, 0.3) is 0 Å². The largest absolute Gasteiger partial charge is 0.348 e.